The number of halogens is 3. The predicted molar refractivity (Wildman–Crippen MR) is 51.4 cm³/mol. The highest BCUT2D eigenvalue weighted by Gasteiger charge is 2.32. The zero-order valence-corrected chi connectivity index (χ0v) is 8.65. The average Bonchev–Trinajstić information content (AvgIpc) is 2.13. The van der Waals surface area contributed by atoms with Crippen molar-refractivity contribution in [3.8, 4) is 11.9 Å². The number of alkyl halides is 3. The van der Waals surface area contributed by atoms with Crippen LogP contribution in [0.5, 0.6) is 5.88 Å². The fraction of sp³-hybridized carbons (Fsp3) is 0.222. The van der Waals surface area contributed by atoms with Gasteiger partial charge in [0.2, 0.25) is 5.88 Å². The number of nitrogen functional groups attached to an aromatic ring is 1. The Morgan fingerprint density at radius 1 is 1.61 bits per heavy atom. The molecule has 1 aromatic rings. The van der Waals surface area contributed by atoms with Crippen LogP contribution in [0.3, 0.4) is 0 Å². The molecule has 9 heteroatoms. The van der Waals surface area contributed by atoms with Gasteiger partial charge in [-0.15, -0.1) is 13.2 Å². The molecule has 0 spiro atoms. The summed E-state index contributed by atoms with van der Waals surface area (Å²) in [5, 5.41) is 17.3. The minimum Gasteiger partial charge on any atom is -0.481 e. The van der Waals surface area contributed by atoms with Crippen molar-refractivity contribution in [2.75, 3.05) is 5.73 Å². The second kappa shape index (κ2) is 4.79. The first-order chi connectivity index (χ1) is 8.23. The van der Waals surface area contributed by atoms with Crippen LogP contribution in [-0.4, -0.2) is 22.4 Å². The molecule has 0 aliphatic carbocycles. The van der Waals surface area contributed by atoms with Crippen LogP contribution in [0.25, 0.3) is 0 Å². The van der Waals surface area contributed by atoms with Crippen molar-refractivity contribution in [1.29, 1.82) is 5.26 Å². The van der Waals surface area contributed by atoms with Gasteiger partial charge in [0.05, 0.1) is 23.4 Å². The first-order valence-corrected chi connectivity index (χ1v) is 4.40. The number of aromatic nitrogens is 1. The number of hydrogen-bond donors (Lipinski definition) is 2. The lowest BCUT2D eigenvalue weighted by molar-refractivity contribution is -0.276. The van der Waals surface area contributed by atoms with Crippen molar-refractivity contribution >= 4 is 11.7 Å². The summed E-state index contributed by atoms with van der Waals surface area (Å²) in [4.78, 5) is 13.8. The lowest BCUT2D eigenvalue weighted by atomic mass is 10.1. The number of anilines is 1. The van der Waals surface area contributed by atoms with E-state index >= 15 is 0 Å². The molecule has 96 valence electrons. The smallest absolute Gasteiger partial charge is 0.481 e. The molecule has 0 radical (unpaired) electrons. The van der Waals surface area contributed by atoms with Crippen molar-refractivity contribution in [3.63, 3.8) is 0 Å². The molecule has 3 N–H and O–H groups in total. The first-order valence-electron chi connectivity index (χ1n) is 4.40. The summed E-state index contributed by atoms with van der Waals surface area (Å²) in [7, 11) is 0. The molecule has 1 rings (SSSR count). The molecular formula is C9H6F3N3O3. The van der Waals surface area contributed by atoms with E-state index in [1.54, 1.807) is 6.07 Å². The van der Waals surface area contributed by atoms with Gasteiger partial charge in [0.15, 0.2) is 0 Å². The van der Waals surface area contributed by atoms with E-state index in [0.717, 1.165) is 0 Å². The highest BCUT2D eigenvalue weighted by Crippen LogP contribution is 2.26. The Hall–Kier alpha value is -2.50. The number of ether oxygens (including phenoxy) is 1. The molecule has 0 saturated heterocycles. The van der Waals surface area contributed by atoms with Gasteiger partial charge in [-0.05, 0) is 0 Å². The second-order valence-corrected chi connectivity index (χ2v) is 3.10. The molecule has 6 nitrogen and oxygen atoms in total. The maximum atomic E-state index is 12.0. The number of nitrogens with two attached hydrogens (primary N) is 1. The lowest BCUT2D eigenvalue weighted by Gasteiger charge is -2.11. The third-order valence-corrected chi connectivity index (χ3v) is 1.75. The number of hydrogen-bond acceptors (Lipinski definition) is 5. The third kappa shape index (κ3) is 3.51. The Bertz CT molecular complexity index is 522. The maximum Gasteiger partial charge on any atom is 0.574 e. The number of pyridine rings is 1. The van der Waals surface area contributed by atoms with E-state index in [1.807, 2.05) is 0 Å². The summed E-state index contributed by atoms with van der Waals surface area (Å²) in [6.07, 6.45) is -5.71. The van der Waals surface area contributed by atoms with Gasteiger partial charge < -0.3 is 15.6 Å². The van der Waals surface area contributed by atoms with Crippen molar-refractivity contribution in [1.82, 2.24) is 4.98 Å². The zero-order valence-electron chi connectivity index (χ0n) is 8.65. The Balaban J connectivity index is 3.22. The minimum atomic E-state index is -4.98. The molecule has 0 bridgehead atoms. The van der Waals surface area contributed by atoms with E-state index in [-0.39, 0.29) is 16.9 Å². The summed E-state index contributed by atoms with van der Waals surface area (Å²) in [6, 6.07) is 2.28. The van der Waals surface area contributed by atoms with Crippen LogP contribution < -0.4 is 10.5 Å². The van der Waals surface area contributed by atoms with Crippen LogP contribution in [0.15, 0.2) is 6.07 Å². The number of carboxylic acids is 1. The van der Waals surface area contributed by atoms with Crippen LogP contribution in [-0.2, 0) is 11.2 Å². The highest BCUT2D eigenvalue weighted by molar-refractivity contribution is 5.72. The van der Waals surface area contributed by atoms with E-state index < -0.39 is 24.6 Å². The van der Waals surface area contributed by atoms with Crippen LogP contribution in [0.1, 0.15) is 11.3 Å². The summed E-state index contributed by atoms with van der Waals surface area (Å²) >= 11 is 0. The van der Waals surface area contributed by atoms with Gasteiger partial charge in [0.1, 0.15) is 6.07 Å². The van der Waals surface area contributed by atoms with Crippen molar-refractivity contribution in [2.24, 2.45) is 0 Å². The largest absolute Gasteiger partial charge is 0.574 e. The molecule has 0 aliphatic heterocycles. The van der Waals surface area contributed by atoms with Gasteiger partial charge >= 0.3 is 12.3 Å². The molecule has 1 aromatic heterocycles. The molecule has 0 aromatic carbocycles. The highest BCUT2D eigenvalue weighted by atomic mass is 19.4. The normalized spacial score (nSPS) is 10.8. The maximum absolute atomic E-state index is 12.0. The Morgan fingerprint density at radius 3 is 2.67 bits per heavy atom. The molecule has 0 saturated carbocycles. The Kier molecular flexibility index (Phi) is 3.61. The summed E-state index contributed by atoms with van der Waals surface area (Å²) in [5.41, 5.74) is 4.32. The van der Waals surface area contributed by atoms with Crippen LogP contribution in [0.2, 0.25) is 0 Å². The number of nitrogens with zero attached hydrogens (tertiary/aromatic N) is 2. The SMILES string of the molecule is N#Cc1c(N)cc(OC(F)(F)F)nc1CC(=O)O. The fourth-order valence-electron chi connectivity index (χ4n) is 1.16. The molecule has 0 unspecified atom stereocenters. The van der Waals surface area contributed by atoms with Gasteiger partial charge in [-0.2, -0.15) is 5.26 Å². The molecule has 1 heterocycles. The van der Waals surface area contributed by atoms with Gasteiger partial charge in [-0.1, -0.05) is 0 Å². The number of nitriles is 1. The van der Waals surface area contributed by atoms with E-state index in [2.05, 4.69) is 9.72 Å². The Labute approximate surface area is 98.4 Å². The van der Waals surface area contributed by atoms with Crippen molar-refractivity contribution < 1.29 is 27.8 Å². The van der Waals surface area contributed by atoms with Crippen LogP contribution >= 0.6 is 0 Å². The van der Waals surface area contributed by atoms with E-state index in [1.165, 1.54) is 0 Å². The average molecular weight is 261 g/mol. The minimum absolute atomic E-state index is 0.285. The van der Waals surface area contributed by atoms with E-state index in [4.69, 9.17) is 16.1 Å². The number of aliphatic carboxylic acids is 1. The lowest BCUT2D eigenvalue weighted by Crippen LogP contribution is -2.19. The number of carbonyl (C=O) groups is 1. The van der Waals surface area contributed by atoms with Gasteiger partial charge in [-0.3, -0.25) is 4.79 Å². The molecular weight excluding hydrogens is 255 g/mol. The van der Waals surface area contributed by atoms with Gasteiger partial charge in [-0.25, -0.2) is 4.98 Å². The quantitative estimate of drug-likeness (QED) is 0.841. The monoisotopic (exact) mass is 261 g/mol. The second-order valence-electron chi connectivity index (χ2n) is 3.10. The van der Waals surface area contributed by atoms with Crippen molar-refractivity contribution in [2.45, 2.75) is 12.8 Å². The zero-order chi connectivity index (χ0) is 13.9. The van der Waals surface area contributed by atoms with Gasteiger partial charge in [0.25, 0.3) is 0 Å². The summed E-state index contributed by atoms with van der Waals surface area (Å²) < 4.78 is 39.4. The molecule has 0 amide bonds. The standard InChI is InChI=1S/C9H6F3N3O3/c10-9(11,12)18-7-1-5(14)4(3-13)6(15-7)2-8(16)17/h1H,2H2,(H2,14,15)(H,16,17). The third-order valence-electron chi connectivity index (χ3n) is 1.75. The number of rotatable bonds is 3. The summed E-state index contributed by atoms with van der Waals surface area (Å²) in [6.45, 7) is 0. The van der Waals surface area contributed by atoms with E-state index in [9.17, 15) is 18.0 Å². The first kappa shape index (κ1) is 13.6. The summed E-state index contributed by atoms with van der Waals surface area (Å²) in [5.74, 6) is -2.27. The van der Waals surface area contributed by atoms with Crippen LogP contribution in [0, 0.1) is 11.3 Å². The molecule has 0 aliphatic rings. The molecule has 0 fully saturated rings. The van der Waals surface area contributed by atoms with Crippen molar-refractivity contribution in [3.05, 3.63) is 17.3 Å². The molecule has 18 heavy (non-hydrogen) atoms. The molecule has 0 atom stereocenters. The van der Waals surface area contributed by atoms with E-state index in [0.29, 0.717) is 6.07 Å². The predicted octanol–water partition coefficient (Wildman–Crippen LogP) is 1.06. The van der Waals surface area contributed by atoms with Crippen LogP contribution in [0.4, 0.5) is 18.9 Å². The number of carboxylic acid groups (broad SMARTS) is 1. The fourth-order valence-corrected chi connectivity index (χ4v) is 1.16. The van der Waals surface area contributed by atoms with Gasteiger partial charge in [0, 0.05) is 6.07 Å². The Morgan fingerprint density at radius 2 is 2.22 bits per heavy atom. The topological polar surface area (TPSA) is 109 Å².